The number of nitrogens with zero attached hydrogens (tertiary/aromatic N) is 1. The molecule has 2 atom stereocenters. The van der Waals surface area contributed by atoms with Crippen LogP contribution in [-0.2, 0) is 4.79 Å². The minimum Gasteiger partial charge on any atom is -0.459 e. The van der Waals surface area contributed by atoms with Gasteiger partial charge in [0.2, 0.25) is 5.91 Å². The van der Waals surface area contributed by atoms with Gasteiger partial charge in [0.25, 0.3) is 0 Å². The van der Waals surface area contributed by atoms with Crippen LogP contribution in [0.15, 0.2) is 28.7 Å². The third kappa shape index (κ3) is 3.02. The van der Waals surface area contributed by atoms with Crippen LogP contribution < -0.4 is 10.6 Å². The molecule has 2 unspecified atom stereocenters. The number of hydrogen-bond donors (Lipinski definition) is 2. The summed E-state index contributed by atoms with van der Waals surface area (Å²) in [4.78, 5) is 25.2. The first-order chi connectivity index (χ1) is 11.0. The second-order valence-corrected chi connectivity index (χ2v) is 6.10. The largest absolute Gasteiger partial charge is 0.459 e. The number of para-hydroxylation sites is 1. The van der Waals surface area contributed by atoms with Gasteiger partial charge in [-0.3, -0.25) is 4.79 Å². The molecule has 1 saturated heterocycles. The Morgan fingerprint density at radius 1 is 1.39 bits per heavy atom. The molecule has 0 saturated carbocycles. The van der Waals surface area contributed by atoms with Crippen LogP contribution in [0, 0.1) is 6.92 Å². The van der Waals surface area contributed by atoms with Gasteiger partial charge in [-0.25, -0.2) is 4.79 Å². The van der Waals surface area contributed by atoms with Gasteiger partial charge < -0.3 is 20.0 Å². The molecule has 1 aliphatic rings. The Bertz CT molecular complexity index is 753. The Kier molecular flexibility index (Phi) is 3.98. The van der Waals surface area contributed by atoms with Crippen LogP contribution in [0.3, 0.4) is 0 Å². The number of nitrogens with one attached hydrogen (secondary N) is 2. The first-order valence-electron chi connectivity index (χ1n) is 7.74. The van der Waals surface area contributed by atoms with Crippen LogP contribution in [-0.4, -0.2) is 36.5 Å². The molecular weight excluding hydrogens is 294 g/mol. The number of benzene rings is 1. The summed E-state index contributed by atoms with van der Waals surface area (Å²) in [5, 5.41) is 6.78. The molecule has 1 fully saturated rings. The van der Waals surface area contributed by atoms with Crippen molar-refractivity contribution in [1.29, 1.82) is 0 Å². The average Bonchev–Trinajstić information content (AvgIpc) is 3.00. The van der Waals surface area contributed by atoms with E-state index in [2.05, 4.69) is 10.6 Å². The summed E-state index contributed by atoms with van der Waals surface area (Å²) in [6.07, 6.45) is 0.349. The topological polar surface area (TPSA) is 74.6 Å². The lowest BCUT2D eigenvalue weighted by Gasteiger charge is -2.16. The number of likely N-dealkylation sites (N-methyl/N-ethyl adjacent to an activating group) is 1. The van der Waals surface area contributed by atoms with Gasteiger partial charge in [0.05, 0.1) is 12.1 Å². The third-order valence-electron chi connectivity index (χ3n) is 4.30. The van der Waals surface area contributed by atoms with E-state index >= 15 is 0 Å². The molecule has 3 rings (SSSR count). The Hall–Kier alpha value is -2.50. The molecule has 2 N–H and O–H groups in total. The van der Waals surface area contributed by atoms with E-state index in [0.717, 1.165) is 22.3 Å². The van der Waals surface area contributed by atoms with E-state index in [1.807, 2.05) is 38.1 Å². The molecular formula is C17H21N3O3. The minimum absolute atomic E-state index is 0.0523. The highest BCUT2D eigenvalue weighted by Crippen LogP contribution is 2.29. The van der Waals surface area contributed by atoms with Gasteiger partial charge in [-0.15, -0.1) is 0 Å². The zero-order valence-electron chi connectivity index (χ0n) is 13.6. The van der Waals surface area contributed by atoms with Crippen LogP contribution in [0.4, 0.5) is 4.79 Å². The lowest BCUT2D eigenvalue weighted by atomic mass is 10.1. The van der Waals surface area contributed by atoms with Gasteiger partial charge in [0.15, 0.2) is 0 Å². The zero-order valence-corrected chi connectivity index (χ0v) is 13.6. The fourth-order valence-electron chi connectivity index (χ4n) is 3.06. The fourth-order valence-corrected chi connectivity index (χ4v) is 3.06. The maximum absolute atomic E-state index is 12.1. The Morgan fingerprint density at radius 3 is 2.78 bits per heavy atom. The second-order valence-electron chi connectivity index (χ2n) is 6.10. The quantitative estimate of drug-likeness (QED) is 0.913. The number of aryl methyl sites for hydroxylation is 1. The van der Waals surface area contributed by atoms with Crippen molar-refractivity contribution in [3.8, 4) is 0 Å². The van der Waals surface area contributed by atoms with E-state index in [-0.39, 0.29) is 24.0 Å². The van der Waals surface area contributed by atoms with Gasteiger partial charge in [0, 0.05) is 31.0 Å². The Morgan fingerprint density at radius 2 is 2.13 bits per heavy atom. The van der Waals surface area contributed by atoms with Crippen molar-refractivity contribution >= 4 is 22.9 Å². The number of rotatable bonds is 3. The van der Waals surface area contributed by atoms with Gasteiger partial charge in [-0.2, -0.15) is 0 Å². The molecule has 2 aromatic rings. The SMILES string of the molecule is Cc1c(C(C)NC(=O)NC2CC(=O)N(C)C2)oc2ccccc12. The monoisotopic (exact) mass is 315 g/mol. The van der Waals surface area contributed by atoms with Gasteiger partial charge in [-0.05, 0) is 19.9 Å². The molecule has 0 spiro atoms. The van der Waals surface area contributed by atoms with Crippen LogP contribution in [0.5, 0.6) is 0 Å². The number of urea groups is 1. The molecule has 23 heavy (non-hydrogen) atoms. The van der Waals surface area contributed by atoms with E-state index in [9.17, 15) is 9.59 Å². The van der Waals surface area contributed by atoms with Crippen molar-refractivity contribution in [3.63, 3.8) is 0 Å². The minimum atomic E-state index is -0.287. The summed E-state index contributed by atoms with van der Waals surface area (Å²) in [5.74, 6) is 0.803. The molecule has 6 nitrogen and oxygen atoms in total. The predicted molar refractivity (Wildman–Crippen MR) is 87.1 cm³/mol. The van der Waals surface area contributed by atoms with Gasteiger partial charge in [-0.1, -0.05) is 18.2 Å². The van der Waals surface area contributed by atoms with Crippen molar-refractivity contribution in [2.45, 2.75) is 32.4 Å². The summed E-state index contributed by atoms with van der Waals surface area (Å²) in [7, 11) is 1.74. The van der Waals surface area contributed by atoms with Gasteiger partial charge >= 0.3 is 6.03 Å². The van der Waals surface area contributed by atoms with E-state index in [1.165, 1.54) is 0 Å². The van der Waals surface area contributed by atoms with E-state index < -0.39 is 0 Å². The average molecular weight is 315 g/mol. The lowest BCUT2D eigenvalue weighted by molar-refractivity contribution is -0.126. The summed E-state index contributed by atoms with van der Waals surface area (Å²) in [6, 6.07) is 7.13. The number of carbonyl (C=O) groups is 2. The van der Waals surface area contributed by atoms with E-state index in [4.69, 9.17) is 4.42 Å². The maximum Gasteiger partial charge on any atom is 0.315 e. The number of amides is 3. The molecule has 2 heterocycles. The Balaban J connectivity index is 1.66. The van der Waals surface area contributed by atoms with Gasteiger partial charge in [0.1, 0.15) is 11.3 Å². The van der Waals surface area contributed by atoms with Crippen LogP contribution in [0.2, 0.25) is 0 Å². The highest BCUT2D eigenvalue weighted by Gasteiger charge is 2.28. The maximum atomic E-state index is 12.1. The second kappa shape index (κ2) is 5.95. The predicted octanol–water partition coefficient (Wildman–Crippen LogP) is 2.33. The van der Waals surface area contributed by atoms with Crippen LogP contribution in [0.1, 0.15) is 30.7 Å². The Labute approximate surface area is 134 Å². The van der Waals surface area contributed by atoms with Crippen molar-refractivity contribution < 1.29 is 14.0 Å². The lowest BCUT2D eigenvalue weighted by Crippen LogP contribution is -2.43. The molecule has 122 valence electrons. The van der Waals surface area contributed by atoms with Crippen molar-refractivity contribution in [2.75, 3.05) is 13.6 Å². The first kappa shape index (κ1) is 15.4. The summed E-state index contributed by atoms with van der Waals surface area (Å²) >= 11 is 0. The van der Waals surface area contributed by atoms with Crippen molar-refractivity contribution in [2.24, 2.45) is 0 Å². The van der Waals surface area contributed by atoms with Crippen LogP contribution >= 0.6 is 0 Å². The highest BCUT2D eigenvalue weighted by molar-refractivity contribution is 5.83. The molecule has 1 aliphatic heterocycles. The number of carbonyl (C=O) groups excluding carboxylic acids is 2. The van der Waals surface area contributed by atoms with Crippen molar-refractivity contribution in [1.82, 2.24) is 15.5 Å². The molecule has 0 bridgehead atoms. The zero-order chi connectivity index (χ0) is 16.6. The smallest absolute Gasteiger partial charge is 0.315 e. The third-order valence-corrected chi connectivity index (χ3v) is 4.30. The van der Waals surface area contributed by atoms with E-state index in [1.54, 1.807) is 11.9 Å². The molecule has 0 aliphatic carbocycles. The molecule has 1 aromatic carbocycles. The standard InChI is InChI=1S/C17H21N3O3/c1-10-13-6-4-5-7-14(13)23-16(10)11(2)18-17(22)19-12-8-15(21)20(3)9-12/h4-7,11-12H,8-9H2,1-3H3,(H2,18,19,22). The summed E-state index contributed by atoms with van der Waals surface area (Å²) < 4.78 is 5.86. The normalized spacial score (nSPS) is 19.2. The van der Waals surface area contributed by atoms with E-state index in [0.29, 0.717) is 13.0 Å². The number of likely N-dealkylation sites (tertiary alicyclic amines) is 1. The number of fused-ring (bicyclic) bond motifs is 1. The summed E-state index contributed by atoms with van der Waals surface area (Å²) in [5.41, 5.74) is 1.85. The molecule has 0 radical (unpaired) electrons. The van der Waals surface area contributed by atoms with Crippen LogP contribution in [0.25, 0.3) is 11.0 Å². The molecule has 6 heteroatoms. The molecule has 1 aromatic heterocycles. The molecule has 3 amide bonds. The number of furan rings is 1. The first-order valence-corrected chi connectivity index (χ1v) is 7.74. The van der Waals surface area contributed by atoms with Crippen molar-refractivity contribution in [3.05, 3.63) is 35.6 Å². The highest BCUT2D eigenvalue weighted by atomic mass is 16.3. The fraction of sp³-hybridized carbons (Fsp3) is 0.412. The summed E-state index contributed by atoms with van der Waals surface area (Å²) in [6.45, 7) is 4.42. The number of hydrogen-bond acceptors (Lipinski definition) is 3.